The van der Waals surface area contributed by atoms with Crippen LogP contribution in [0.15, 0.2) is 46.9 Å². The fourth-order valence-electron chi connectivity index (χ4n) is 2.06. The van der Waals surface area contributed by atoms with Gasteiger partial charge in [-0.3, -0.25) is 0 Å². The molecule has 2 nitrogen and oxygen atoms in total. The average Bonchev–Trinajstić information content (AvgIpc) is 2.43. The van der Waals surface area contributed by atoms with Crippen LogP contribution in [0.3, 0.4) is 0 Å². The Labute approximate surface area is 120 Å². The lowest BCUT2D eigenvalue weighted by molar-refractivity contribution is 0.282. The minimum atomic E-state index is -0.252. The van der Waals surface area contributed by atoms with Crippen LogP contribution >= 0.6 is 15.9 Å². The van der Waals surface area contributed by atoms with E-state index < -0.39 is 0 Å². The molecule has 0 aliphatic rings. The molecule has 0 amide bonds. The molecule has 0 aliphatic carbocycles. The normalized spacial score (nSPS) is 10.5. The van der Waals surface area contributed by atoms with Crippen molar-refractivity contribution in [3.63, 3.8) is 0 Å². The van der Waals surface area contributed by atoms with E-state index in [1.165, 1.54) is 12.1 Å². The Morgan fingerprint density at radius 3 is 2.42 bits per heavy atom. The monoisotopic (exact) mass is 323 g/mol. The first kappa shape index (κ1) is 14.0. The number of nitrogens with zero attached hydrogens (tertiary/aromatic N) is 1. The summed E-state index contributed by atoms with van der Waals surface area (Å²) in [6, 6.07) is 12.1. The number of anilines is 2. The molecule has 19 heavy (non-hydrogen) atoms. The molecule has 0 unspecified atom stereocenters. The first-order valence-corrected chi connectivity index (χ1v) is 6.87. The van der Waals surface area contributed by atoms with Gasteiger partial charge in [-0.05, 0) is 49.4 Å². The van der Waals surface area contributed by atoms with Crippen LogP contribution in [0.25, 0.3) is 0 Å². The number of aliphatic hydroxyl groups excluding tert-OH is 1. The maximum Gasteiger partial charge on any atom is 0.123 e. The molecule has 1 N–H and O–H groups in total. The topological polar surface area (TPSA) is 23.5 Å². The highest BCUT2D eigenvalue weighted by Crippen LogP contribution is 2.30. The van der Waals surface area contributed by atoms with E-state index in [1.54, 1.807) is 12.1 Å². The van der Waals surface area contributed by atoms with Gasteiger partial charge in [0.15, 0.2) is 0 Å². The van der Waals surface area contributed by atoms with Gasteiger partial charge in [-0.2, -0.15) is 0 Å². The molecule has 0 saturated heterocycles. The van der Waals surface area contributed by atoms with Crippen LogP contribution < -0.4 is 4.90 Å². The van der Waals surface area contributed by atoms with Gasteiger partial charge in [0, 0.05) is 28.0 Å². The predicted octanol–water partition coefficient (Wildman–Crippen LogP) is 4.24. The molecule has 0 fully saturated rings. The fourth-order valence-corrected chi connectivity index (χ4v) is 2.47. The molecule has 0 bridgehead atoms. The third kappa shape index (κ3) is 3.14. The third-order valence-corrected chi connectivity index (χ3v) is 3.45. The van der Waals surface area contributed by atoms with Gasteiger partial charge >= 0.3 is 0 Å². The van der Waals surface area contributed by atoms with Crippen molar-refractivity contribution in [3.05, 3.63) is 58.3 Å². The summed E-state index contributed by atoms with van der Waals surface area (Å²) in [7, 11) is 0. The van der Waals surface area contributed by atoms with Gasteiger partial charge in [-0.25, -0.2) is 4.39 Å². The van der Waals surface area contributed by atoms with Crippen molar-refractivity contribution in [2.75, 3.05) is 11.4 Å². The minimum Gasteiger partial charge on any atom is -0.392 e. The quantitative estimate of drug-likeness (QED) is 0.909. The highest BCUT2D eigenvalue weighted by molar-refractivity contribution is 9.10. The zero-order valence-electron chi connectivity index (χ0n) is 10.6. The predicted molar refractivity (Wildman–Crippen MR) is 79.1 cm³/mol. The fraction of sp³-hybridized carbons (Fsp3) is 0.200. The smallest absolute Gasteiger partial charge is 0.123 e. The van der Waals surface area contributed by atoms with E-state index in [0.29, 0.717) is 0 Å². The van der Waals surface area contributed by atoms with E-state index in [0.717, 1.165) is 28.0 Å². The van der Waals surface area contributed by atoms with Crippen LogP contribution in [0.4, 0.5) is 15.8 Å². The molecular weight excluding hydrogens is 309 g/mol. The second-order valence-electron chi connectivity index (χ2n) is 4.15. The summed E-state index contributed by atoms with van der Waals surface area (Å²) >= 11 is 3.39. The van der Waals surface area contributed by atoms with E-state index >= 15 is 0 Å². The Morgan fingerprint density at radius 2 is 1.84 bits per heavy atom. The highest BCUT2D eigenvalue weighted by Gasteiger charge is 2.11. The minimum absolute atomic E-state index is 0.0352. The van der Waals surface area contributed by atoms with Crippen LogP contribution in [0.5, 0.6) is 0 Å². The molecule has 2 aromatic rings. The molecule has 2 aromatic carbocycles. The van der Waals surface area contributed by atoms with Gasteiger partial charge in [-0.1, -0.05) is 15.9 Å². The Bertz CT molecular complexity index is 557. The Morgan fingerprint density at radius 1 is 1.16 bits per heavy atom. The summed E-state index contributed by atoms with van der Waals surface area (Å²) in [5.41, 5.74) is 2.67. The van der Waals surface area contributed by atoms with Crippen molar-refractivity contribution >= 4 is 27.3 Å². The van der Waals surface area contributed by atoms with Crippen molar-refractivity contribution in [1.82, 2.24) is 0 Å². The Hall–Kier alpha value is -1.39. The van der Waals surface area contributed by atoms with E-state index in [1.807, 2.05) is 30.0 Å². The molecular formula is C15H15BrFNO. The second-order valence-corrected chi connectivity index (χ2v) is 5.07. The van der Waals surface area contributed by atoms with Crippen LogP contribution in [-0.2, 0) is 6.61 Å². The molecule has 4 heteroatoms. The van der Waals surface area contributed by atoms with Gasteiger partial charge in [0.1, 0.15) is 5.82 Å². The van der Waals surface area contributed by atoms with Crippen molar-refractivity contribution in [2.24, 2.45) is 0 Å². The number of rotatable bonds is 4. The largest absolute Gasteiger partial charge is 0.392 e. The number of halogens is 2. The molecule has 0 atom stereocenters. The van der Waals surface area contributed by atoms with Crippen molar-refractivity contribution < 1.29 is 9.50 Å². The second kappa shape index (κ2) is 6.17. The molecule has 0 saturated carbocycles. The number of benzene rings is 2. The third-order valence-electron chi connectivity index (χ3n) is 2.96. The summed E-state index contributed by atoms with van der Waals surface area (Å²) in [6.07, 6.45) is 0. The van der Waals surface area contributed by atoms with Crippen molar-refractivity contribution in [2.45, 2.75) is 13.5 Å². The lowest BCUT2D eigenvalue weighted by Crippen LogP contribution is -2.17. The van der Waals surface area contributed by atoms with Gasteiger partial charge < -0.3 is 10.0 Å². The molecule has 100 valence electrons. The molecule has 0 aliphatic heterocycles. The summed E-state index contributed by atoms with van der Waals surface area (Å²) in [5, 5.41) is 9.47. The highest BCUT2D eigenvalue weighted by atomic mass is 79.9. The van der Waals surface area contributed by atoms with Crippen LogP contribution in [0, 0.1) is 5.82 Å². The SMILES string of the molecule is CCN(c1ccc(F)cc1)c1ccc(Br)cc1CO. The molecule has 0 radical (unpaired) electrons. The molecule has 0 aromatic heterocycles. The maximum absolute atomic E-state index is 13.0. The van der Waals surface area contributed by atoms with Gasteiger partial charge in [0.25, 0.3) is 0 Å². The lowest BCUT2D eigenvalue weighted by Gasteiger charge is -2.25. The maximum atomic E-state index is 13.0. The summed E-state index contributed by atoms with van der Waals surface area (Å²) in [6.45, 7) is 2.72. The number of hydrogen-bond donors (Lipinski definition) is 1. The summed E-state index contributed by atoms with van der Waals surface area (Å²) < 4.78 is 13.9. The van der Waals surface area contributed by atoms with Crippen molar-refractivity contribution in [1.29, 1.82) is 0 Å². The zero-order chi connectivity index (χ0) is 13.8. The number of aliphatic hydroxyl groups is 1. The molecule has 0 spiro atoms. The van der Waals surface area contributed by atoms with Crippen LogP contribution in [-0.4, -0.2) is 11.7 Å². The standard InChI is InChI=1S/C15H15BrFNO/c1-2-18(14-6-4-13(17)5-7-14)15-8-3-12(16)9-11(15)10-19/h3-9,19H,2,10H2,1H3. The average molecular weight is 324 g/mol. The van der Waals surface area contributed by atoms with Crippen LogP contribution in [0.1, 0.15) is 12.5 Å². The Balaban J connectivity index is 2.44. The van der Waals surface area contributed by atoms with Gasteiger partial charge in [0.05, 0.1) is 6.61 Å². The molecule has 0 heterocycles. The van der Waals surface area contributed by atoms with Gasteiger partial charge in [0.2, 0.25) is 0 Å². The Kier molecular flexibility index (Phi) is 4.56. The van der Waals surface area contributed by atoms with E-state index in [-0.39, 0.29) is 12.4 Å². The first-order valence-electron chi connectivity index (χ1n) is 6.08. The summed E-state index contributed by atoms with van der Waals surface area (Å²) in [5.74, 6) is -0.252. The van der Waals surface area contributed by atoms with E-state index in [9.17, 15) is 9.50 Å². The number of hydrogen-bond acceptors (Lipinski definition) is 2. The van der Waals surface area contributed by atoms with Gasteiger partial charge in [-0.15, -0.1) is 0 Å². The van der Waals surface area contributed by atoms with E-state index in [2.05, 4.69) is 15.9 Å². The summed E-state index contributed by atoms with van der Waals surface area (Å²) in [4.78, 5) is 2.04. The zero-order valence-corrected chi connectivity index (χ0v) is 12.2. The first-order chi connectivity index (χ1) is 9.15. The lowest BCUT2D eigenvalue weighted by atomic mass is 10.1. The van der Waals surface area contributed by atoms with Crippen molar-refractivity contribution in [3.8, 4) is 0 Å². The molecule has 2 rings (SSSR count). The van der Waals surface area contributed by atoms with Crippen LogP contribution in [0.2, 0.25) is 0 Å². The van der Waals surface area contributed by atoms with E-state index in [4.69, 9.17) is 0 Å².